The maximum atomic E-state index is 5.67. The van der Waals surface area contributed by atoms with Gasteiger partial charge in [0.2, 0.25) is 0 Å². The molecule has 0 aromatic heterocycles. The molecule has 60 valence electrons. The lowest BCUT2D eigenvalue weighted by Gasteiger charge is -2.00. The van der Waals surface area contributed by atoms with Gasteiger partial charge in [0.05, 0.1) is 0 Å². The standard InChI is InChI=1S/C8H10INS/c1-2-11-8-4-6(9)3-7(10)5-8/h3-5H,2,10H2,1H3. The van der Waals surface area contributed by atoms with Crippen LogP contribution in [0.5, 0.6) is 0 Å². The van der Waals surface area contributed by atoms with E-state index in [1.807, 2.05) is 23.9 Å². The minimum atomic E-state index is 0.854. The van der Waals surface area contributed by atoms with Crippen molar-refractivity contribution in [1.29, 1.82) is 0 Å². The van der Waals surface area contributed by atoms with Gasteiger partial charge in [-0.3, -0.25) is 0 Å². The Kier molecular flexibility index (Phi) is 3.51. The van der Waals surface area contributed by atoms with E-state index in [4.69, 9.17) is 5.73 Å². The molecule has 0 saturated carbocycles. The fourth-order valence-corrected chi connectivity index (χ4v) is 2.50. The highest BCUT2D eigenvalue weighted by molar-refractivity contribution is 14.1. The first-order valence-electron chi connectivity index (χ1n) is 3.41. The average molecular weight is 279 g/mol. The number of halogens is 1. The zero-order valence-electron chi connectivity index (χ0n) is 6.30. The van der Waals surface area contributed by atoms with Crippen molar-refractivity contribution in [3.8, 4) is 0 Å². The first-order valence-corrected chi connectivity index (χ1v) is 5.47. The van der Waals surface area contributed by atoms with Crippen LogP contribution in [0.3, 0.4) is 0 Å². The number of hydrogen-bond donors (Lipinski definition) is 1. The first kappa shape index (κ1) is 9.19. The highest BCUT2D eigenvalue weighted by atomic mass is 127. The molecule has 0 radical (unpaired) electrons. The first-order chi connectivity index (χ1) is 5.22. The van der Waals surface area contributed by atoms with E-state index < -0.39 is 0 Å². The molecule has 0 unspecified atom stereocenters. The van der Waals surface area contributed by atoms with Crippen LogP contribution in [-0.2, 0) is 0 Å². The van der Waals surface area contributed by atoms with Crippen molar-refractivity contribution in [3.05, 3.63) is 21.8 Å². The van der Waals surface area contributed by atoms with Gasteiger partial charge >= 0.3 is 0 Å². The lowest BCUT2D eigenvalue weighted by molar-refractivity contribution is 1.41. The molecule has 0 atom stereocenters. The zero-order chi connectivity index (χ0) is 8.27. The fourth-order valence-electron chi connectivity index (χ4n) is 0.834. The third-order valence-corrected chi connectivity index (χ3v) is 2.69. The van der Waals surface area contributed by atoms with Crippen molar-refractivity contribution < 1.29 is 0 Å². The molecule has 0 saturated heterocycles. The van der Waals surface area contributed by atoms with Crippen molar-refractivity contribution in [2.75, 3.05) is 11.5 Å². The van der Waals surface area contributed by atoms with Crippen molar-refractivity contribution in [2.24, 2.45) is 0 Å². The van der Waals surface area contributed by atoms with E-state index >= 15 is 0 Å². The Morgan fingerprint density at radius 3 is 2.73 bits per heavy atom. The molecule has 2 N–H and O–H groups in total. The molecule has 0 aliphatic heterocycles. The summed E-state index contributed by atoms with van der Waals surface area (Å²) in [6, 6.07) is 6.13. The van der Waals surface area contributed by atoms with Crippen LogP contribution in [0.2, 0.25) is 0 Å². The summed E-state index contributed by atoms with van der Waals surface area (Å²) in [5, 5.41) is 0. The maximum Gasteiger partial charge on any atom is 0.0335 e. The van der Waals surface area contributed by atoms with Gasteiger partial charge in [-0.1, -0.05) is 6.92 Å². The van der Waals surface area contributed by atoms with Crippen LogP contribution in [0.1, 0.15) is 6.92 Å². The smallest absolute Gasteiger partial charge is 0.0335 e. The molecule has 0 heterocycles. The molecular formula is C8H10INS. The lowest BCUT2D eigenvalue weighted by atomic mass is 10.3. The Hall–Kier alpha value is 0.100. The fraction of sp³-hybridized carbons (Fsp3) is 0.250. The van der Waals surface area contributed by atoms with E-state index in [1.54, 1.807) is 0 Å². The SMILES string of the molecule is CCSc1cc(N)cc(I)c1. The van der Waals surface area contributed by atoms with Crippen LogP contribution in [0.4, 0.5) is 5.69 Å². The predicted molar refractivity (Wildman–Crippen MR) is 60.0 cm³/mol. The van der Waals surface area contributed by atoms with Crippen LogP contribution in [-0.4, -0.2) is 5.75 Å². The summed E-state index contributed by atoms with van der Waals surface area (Å²) in [5.41, 5.74) is 6.53. The largest absolute Gasteiger partial charge is 0.399 e. The zero-order valence-corrected chi connectivity index (χ0v) is 9.28. The average Bonchev–Trinajstić information content (AvgIpc) is 1.85. The van der Waals surface area contributed by atoms with Gasteiger partial charge in [-0.25, -0.2) is 0 Å². The second-order valence-electron chi connectivity index (χ2n) is 2.15. The van der Waals surface area contributed by atoms with Gasteiger partial charge in [-0.15, -0.1) is 11.8 Å². The van der Waals surface area contributed by atoms with Gasteiger partial charge in [0.15, 0.2) is 0 Å². The minimum Gasteiger partial charge on any atom is -0.399 e. The van der Waals surface area contributed by atoms with Crippen molar-refractivity contribution in [1.82, 2.24) is 0 Å². The third-order valence-electron chi connectivity index (χ3n) is 1.20. The topological polar surface area (TPSA) is 26.0 Å². The Labute approximate surface area is 84.9 Å². The van der Waals surface area contributed by atoms with E-state index in [0.29, 0.717) is 0 Å². The number of hydrogen-bond acceptors (Lipinski definition) is 2. The van der Waals surface area contributed by atoms with Crippen LogP contribution in [0.15, 0.2) is 23.1 Å². The molecule has 0 fully saturated rings. The molecule has 1 rings (SSSR count). The molecule has 0 amide bonds. The summed E-state index contributed by atoms with van der Waals surface area (Å²) in [7, 11) is 0. The molecule has 3 heteroatoms. The van der Waals surface area contributed by atoms with Gasteiger partial charge in [0.25, 0.3) is 0 Å². The van der Waals surface area contributed by atoms with Crippen molar-refractivity contribution >= 4 is 40.0 Å². The van der Waals surface area contributed by atoms with Gasteiger partial charge in [-0.05, 0) is 46.5 Å². The van der Waals surface area contributed by atoms with Gasteiger partial charge in [0.1, 0.15) is 0 Å². The van der Waals surface area contributed by atoms with Crippen molar-refractivity contribution in [2.45, 2.75) is 11.8 Å². The van der Waals surface area contributed by atoms with Crippen LogP contribution >= 0.6 is 34.4 Å². The number of rotatable bonds is 2. The Morgan fingerprint density at radius 2 is 2.18 bits per heavy atom. The molecule has 0 aliphatic carbocycles. The third kappa shape index (κ3) is 2.91. The molecular weight excluding hydrogens is 269 g/mol. The molecule has 1 aromatic carbocycles. The number of anilines is 1. The maximum absolute atomic E-state index is 5.67. The summed E-state index contributed by atoms with van der Waals surface area (Å²) in [4.78, 5) is 1.26. The van der Waals surface area contributed by atoms with Crippen LogP contribution in [0, 0.1) is 3.57 Å². The molecule has 1 aromatic rings. The molecule has 1 nitrogen and oxygen atoms in total. The highest BCUT2D eigenvalue weighted by Gasteiger charge is 1.95. The van der Waals surface area contributed by atoms with E-state index in [1.165, 1.54) is 8.47 Å². The predicted octanol–water partition coefficient (Wildman–Crippen LogP) is 2.99. The van der Waals surface area contributed by atoms with Gasteiger partial charge < -0.3 is 5.73 Å². The number of thioether (sulfide) groups is 1. The van der Waals surface area contributed by atoms with E-state index in [2.05, 4.69) is 35.6 Å². The van der Waals surface area contributed by atoms with Crippen molar-refractivity contribution in [3.63, 3.8) is 0 Å². The Balaban J connectivity index is 2.89. The Bertz CT molecular complexity index is 230. The van der Waals surface area contributed by atoms with E-state index in [0.717, 1.165) is 11.4 Å². The second-order valence-corrected chi connectivity index (χ2v) is 4.74. The molecule has 0 spiro atoms. The van der Waals surface area contributed by atoms with E-state index in [9.17, 15) is 0 Å². The second kappa shape index (κ2) is 4.21. The molecule has 0 aliphatic rings. The summed E-state index contributed by atoms with van der Waals surface area (Å²) in [6.07, 6.45) is 0. The lowest BCUT2D eigenvalue weighted by Crippen LogP contribution is -1.86. The monoisotopic (exact) mass is 279 g/mol. The number of benzene rings is 1. The van der Waals surface area contributed by atoms with E-state index in [-0.39, 0.29) is 0 Å². The Morgan fingerprint density at radius 1 is 1.45 bits per heavy atom. The van der Waals surface area contributed by atoms with Gasteiger partial charge in [0, 0.05) is 14.2 Å². The summed E-state index contributed by atoms with van der Waals surface area (Å²) >= 11 is 4.10. The van der Waals surface area contributed by atoms with Crippen LogP contribution < -0.4 is 5.73 Å². The molecule has 11 heavy (non-hydrogen) atoms. The van der Waals surface area contributed by atoms with Gasteiger partial charge in [-0.2, -0.15) is 0 Å². The summed E-state index contributed by atoms with van der Waals surface area (Å²) in [6.45, 7) is 2.14. The summed E-state index contributed by atoms with van der Waals surface area (Å²) < 4.78 is 1.21. The number of nitrogens with two attached hydrogens (primary N) is 1. The normalized spacial score (nSPS) is 10.0. The minimum absolute atomic E-state index is 0.854. The highest BCUT2D eigenvalue weighted by Crippen LogP contribution is 2.22. The quantitative estimate of drug-likeness (QED) is 0.511. The number of nitrogen functional groups attached to an aromatic ring is 1. The summed E-state index contributed by atoms with van der Waals surface area (Å²) in [5.74, 6) is 1.10. The molecule has 0 bridgehead atoms. The van der Waals surface area contributed by atoms with Crippen LogP contribution in [0.25, 0.3) is 0 Å².